The van der Waals surface area contributed by atoms with E-state index in [2.05, 4.69) is 11.6 Å². The number of hydrogen-bond donors (Lipinski definition) is 1. The van der Waals surface area contributed by atoms with Crippen LogP contribution in [0.1, 0.15) is 44.2 Å². The molecule has 4 heteroatoms. The Balaban J connectivity index is 2.07. The van der Waals surface area contributed by atoms with E-state index in [9.17, 15) is 4.79 Å². The van der Waals surface area contributed by atoms with E-state index < -0.39 is 0 Å². The minimum atomic E-state index is -0.350. The molecule has 0 amide bonds. The summed E-state index contributed by atoms with van der Waals surface area (Å²) in [5.41, 5.74) is 0.988. The van der Waals surface area contributed by atoms with Gasteiger partial charge in [0.1, 0.15) is 6.04 Å². The minimum Gasteiger partial charge on any atom is -0.465 e. The molecule has 3 nitrogen and oxygen atoms in total. The molecule has 0 spiro atoms. The molecule has 2 rings (SSSR count). The molecule has 1 fully saturated rings. The summed E-state index contributed by atoms with van der Waals surface area (Å²) >= 11 is 1.93. The number of nitrogens with one attached hydrogen (secondary N) is 1. The van der Waals surface area contributed by atoms with Gasteiger partial charge in [0.25, 0.3) is 0 Å². The van der Waals surface area contributed by atoms with E-state index in [1.54, 1.807) is 0 Å². The average Bonchev–Trinajstić information content (AvgIpc) is 2.54. The van der Waals surface area contributed by atoms with E-state index >= 15 is 0 Å². The molecule has 3 unspecified atom stereocenters. The monoisotopic (exact) mass is 307 g/mol. The number of carbonyl (C=O) groups is 1. The second-order valence-corrected chi connectivity index (χ2v) is 6.62. The molecule has 0 radical (unpaired) electrons. The van der Waals surface area contributed by atoms with Crippen LogP contribution >= 0.6 is 11.8 Å². The van der Waals surface area contributed by atoms with E-state index in [1.807, 2.05) is 49.0 Å². The Morgan fingerprint density at radius 1 is 1.38 bits per heavy atom. The molecule has 0 aromatic heterocycles. The molecule has 0 aliphatic heterocycles. The van der Waals surface area contributed by atoms with Gasteiger partial charge in [-0.3, -0.25) is 5.32 Å². The van der Waals surface area contributed by atoms with E-state index in [0.29, 0.717) is 17.9 Å². The lowest BCUT2D eigenvalue weighted by Gasteiger charge is -2.31. The summed E-state index contributed by atoms with van der Waals surface area (Å²) < 4.78 is 5.25. The number of rotatable bonds is 6. The molecule has 1 aromatic rings. The van der Waals surface area contributed by atoms with Crippen molar-refractivity contribution in [3.05, 3.63) is 35.9 Å². The van der Waals surface area contributed by atoms with E-state index in [-0.39, 0.29) is 12.0 Å². The lowest BCUT2D eigenvalue weighted by molar-refractivity contribution is -0.146. The van der Waals surface area contributed by atoms with Gasteiger partial charge in [0.05, 0.1) is 6.61 Å². The Morgan fingerprint density at radius 3 is 2.81 bits per heavy atom. The van der Waals surface area contributed by atoms with Crippen LogP contribution in [0.5, 0.6) is 0 Å². The van der Waals surface area contributed by atoms with Crippen LogP contribution in [0.25, 0.3) is 0 Å². The first-order valence-corrected chi connectivity index (χ1v) is 9.03. The normalized spacial score (nSPS) is 23.5. The molecule has 1 N–H and O–H groups in total. The van der Waals surface area contributed by atoms with Crippen LogP contribution in [0.3, 0.4) is 0 Å². The van der Waals surface area contributed by atoms with Gasteiger partial charge < -0.3 is 4.74 Å². The van der Waals surface area contributed by atoms with Gasteiger partial charge in [0.2, 0.25) is 0 Å². The molecule has 21 heavy (non-hydrogen) atoms. The summed E-state index contributed by atoms with van der Waals surface area (Å²) in [5.74, 6) is -0.171. The minimum absolute atomic E-state index is 0.171. The fourth-order valence-corrected chi connectivity index (χ4v) is 3.74. The van der Waals surface area contributed by atoms with Gasteiger partial charge in [-0.05, 0) is 38.0 Å². The summed E-state index contributed by atoms with van der Waals surface area (Å²) in [6, 6.07) is 9.93. The molecular formula is C17H25NO2S. The first-order chi connectivity index (χ1) is 10.2. The number of carbonyl (C=O) groups excluding carboxylic acids is 1. The van der Waals surface area contributed by atoms with Crippen LogP contribution in [0.4, 0.5) is 0 Å². The highest BCUT2D eigenvalue weighted by Crippen LogP contribution is 2.28. The average molecular weight is 307 g/mol. The maximum atomic E-state index is 12.3. The number of benzene rings is 1. The maximum absolute atomic E-state index is 12.3. The molecule has 0 saturated heterocycles. The fraction of sp³-hybridized carbons (Fsp3) is 0.588. The molecule has 1 aromatic carbocycles. The van der Waals surface area contributed by atoms with Crippen molar-refractivity contribution in [2.24, 2.45) is 0 Å². The molecule has 116 valence electrons. The highest BCUT2D eigenvalue weighted by molar-refractivity contribution is 7.99. The topological polar surface area (TPSA) is 38.3 Å². The van der Waals surface area contributed by atoms with Crippen LogP contribution in [0, 0.1) is 0 Å². The van der Waals surface area contributed by atoms with Gasteiger partial charge in [-0.25, -0.2) is 4.79 Å². The number of esters is 1. The van der Waals surface area contributed by atoms with Crippen molar-refractivity contribution in [3.63, 3.8) is 0 Å². The molecule has 0 bridgehead atoms. The smallest absolute Gasteiger partial charge is 0.327 e. The Morgan fingerprint density at radius 2 is 2.14 bits per heavy atom. The van der Waals surface area contributed by atoms with Crippen molar-refractivity contribution < 1.29 is 9.53 Å². The van der Waals surface area contributed by atoms with Crippen molar-refractivity contribution in [1.29, 1.82) is 0 Å². The van der Waals surface area contributed by atoms with Crippen LogP contribution in [-0.4, -0.2) is 30.1 Å². The van der Waals surface area contributed by atoms with Crippen molar-refractivity contribution in [3.8, 4) is 0 Å². The van der Waals surface area contributed by atoms with Gasteiger partial charge >= 0.3 is 5.97 Å². The van der Waals surface area contributed by atoms with Gasteiger partial charge in [0, 0.05) is 11.3 Å². The zero-order chi connectivity index (χ0) is 15.1. The molecule has 1 saturated carbocycles. The Labute approximate surface area is 131 Å². The third-order valence-corrected chi connectivity index (χ3v) is 5.11. The third kappa shape index (κ3) is 4.75. The van der Waals surface area contributed by atoms with Crippen molar-refractivity contribution in [2.75, 3.05) is 12.9 Å². The van der Waals surface area contributed by atoms with E-state index in [4.69, 9.17) is 4.74 Å². The largest absolute Gasteiger partial charge is 0.465 e. The van der Waals surface area contributed by atoms with Gasteiger partial charge in [-0.2, -0.15) is 11.8 Å². The Hall–Kier alpha value is -1.00. The number of ether oxygens (including phenoxy) is 1. The number of hydrogen-bond acceptors (Lipinski definition) is 4. The lowest BCUT2D eigenvalue weighted by atomic mass is 9.93. The molecule has 1 aliphatic carbocycles. The standard InChI is InChI=1S/C17H25NO2S/c1-3-20-17(19)16(13-8-5-4-6-9-13)18-14-10-7-11-15(12-14)21-2/h4-6,8-9,14-16,18H,3,7,10-12H2,1-2H3. The van der Waals surface area contributed by atoms with Crippen LogP contribution in [0.15, 0.2) is 30.3 Å². The molecule has 3 atom stereocenters. The number of thioether (sulfide) groups is 1. The fourth-order valence-electron chi connectivity index (χ4n) is 2.92. The quantitative estimate of drug-likeness (QED) is 0.816. The third-order valence-electron chi connectivity index (χ3n) is 4.02. The van der Waals surface area contributed by atoms with E-state index in [0.717, 1.165) is 18.4 Å². The van der Waals surface area contributed by atoms with Gasteiger partial charge in [0.15, 0.2) is 0 Å². The van der Waals surface area contributed by atoms with Crippen LogP contribution < -0.4 is 5.32 Å². The van der Waals surface area contributed by atoms with Gasteiger partial charge in [-0.15, -0.1) is 0 Å². The second kappa shape index (κ2) is 8.44. The summed E-state index contributed by atoms with van der Waals surface area (Å²) in [7, 11) is 0. The summed E-state index contributed by atoms with van der Waals surface area (Å²) in [5, 5.41) is 4.24. The second-order valence-electron chi connectivity index (χ2n) is 5.48. The molecule has 1 aliphatic rings. The maximum Gasteiger partial charge on any atom is 0.327 e. The van der Waals surface area contributed by atoms with Crippen LogP contribution in [-0.2, 0) is 9.53 Å². The van der Waals surface area contributed by atoms with Crippen molar-refractivity contribution >= 4 is 17.7 Å². The van der Waals surface area contributed by atoms with Crippen LogP contribution in [0.2, 0.25) is 0 Å². The first kappa shape index (κ1) is 16.4. The zero-order valence-corrected chi connectivity index (χ0v) is 13.7. The van der Waals surface area contributed by atoms with Crippen molar-refractivity contribution in [2.45, 2.75) is 49.9 Å². The highest BCUT2D eigenvalue weighted by Gasteiger charge is 2.28. The SMILES string of the molecule is CCOC(=O)C(NC1CCCC(SC)C1)c1ccccc1. The zero-order valence-electron chi connectivity index (χ0n) is 12.9. The Kier molecular flexibility index (Phi) is 6.58. The molecular weight excluding hydrogens is 282 g/mol. The first-order valence-electron chi connectivity index (χ1n) is 7.75. The predicted octanol–water partition coefficient (Wildman–Crippen LogP) is 3.55. The Bertz CT molecular complexity index is 438. The van der Waals surface area contributed by atoms with E-state index in [1.165, 1.54) is 12.8 Å². The predicted molar refractivity (Wildman–Crippen MR) is 88.5 cm³/mol. The summed E-state index contributed by atoms with van der Waals surface area (Å²) in [6.45, 7) is 2.27. The highest BCUT2D eigenvalue weighted by atomic mass is 32.2. The van der Waals surface area contributed by atoms with Crippen molar-refractivity contribution in [1.82, 2.24) is 5.32 Å². The summed E-state index contributed by atoms with van der Waals surface area (Å²) in [4.78, 5) is 12.3. The summed E-state index contributed by atoms with van der Waals surface area (Å²) in [6.07, 6.45) is 6.96. The lowest BCUT2D eigenvalue weighted by Crippen LogP contribution is -2.41. The molecule has 0 heterocycles. The van der Waals surface area contributed by atoms with Gasteiger partial charge in [-0.1, -0.05) is 36.8 Å².